The quantitative estimate of drug-likeness (QED) is 0.634. The van der Waals surface area contributed by atoms with Gasteiger partial charge in [-0.05, 0) is 32.4 Å². The van der Waals surface area contributed by atoms with Gasteiger partial charge in [-0.3, -0.25) is 14.9 Å². The maximum Gasteiger partial charge on any atom is 0.282 e. The van der Waals surface area contributed by atoms with E-state index < -0.39 is 16.4 Å². The fraction of sp³-hybridized carbons (Fsp3) is 0.417. The van der Waals surface area contributed by atoms with Gasteiger partial charge in [-0.2, -0.15) is 0 Å². The van der Waals surface area contributed by atoms with Crippen LogP contribution in [0.25, 0.3) is 0 Å². The molecule has 0 saturated carbocycles. The van der Waals surface area contributed by atoms with Crippen LogP contribution in [0.4, 0.5) is 5.69 Å². The van der Waals surface area contributed by atoms with Gasteiger partial charge in [-0.1, -0.05) is 6.92 Å². The minimum absolute atomic E-state index is 0.137. The number of nitro benzene ring substituents is 1. The third-order valence-corrected chi connectivity index (χ3v) is 2.76. The Hall–Kier alpha value is -2.11. The van der Waals surface area contributed by atoms with Crippen molar-refractivity contribution in [3.63, 3.8) is 0 Å². The number of amides is 1. The molecule has 0 fully saturated rings. The van der Waals surface area contributed by atoms with Crippen LogP contribution in [0.2, 0.25) is 0 Å². The van der Waals surface area contributed by atoms with Gasteiger partial charge in [-0.15, -0.1) is 0 Å². The Morgan fingerprint density at radius 3 is 2.61 bits per heavy atom. The smallest absolute Gasteiger partial charge is 0.282 e. The monoisotopic (exact) mass is 252 g/mol. The normalized spacial score (nSPS) is 11.1. The molecular formula is C12H16N2O4. The van der Waals surface area contributed by atoms with Gasteiger partial charge < -0.3 is 10.4 Å². The molecule has 6 nitrogen and oxygen atoms in total. The summed E-state index contributed by atoms with van der Waals surface area (Å²) in [6.07, 6.45) is 0.686. The molecule has 1 aromatic rings. The Balaban J connectivity index is 3.12. The summed E-state index contributed by atoms with van der Waals surface area (Å²) < 4.78 is 0. The zero-order valence-electron chi connectivity index (χ0n) is 10.6. The van der Waals surface area contributed by atoms with E-state index in [1.54, 1.807) is 0 Å². The Kier molecular flexibility index (Phi) is 3.90. The number of aromatic hydroxyl groups is 1. The van der Waals surface area contributed by atoms with Gasteiger partial charge in [0.05, 0.1) is 4.92 Å². The molecule has 1 aromatic carbocycles. The summed E-state index contributed by atoms with van der Waals surface area (Å²) in [5.41, 5.74) is -0.921. The molecule has 98 valence electrons. The summed E-state index contributed by atoms with van der Waals surface area (Å²) in [5, 5.41) is 22.8. The van der Waals surface area contributed by atoms with Crippen molar-refractivity contribution < 1.29 is 14.8 Å². The Labute approximate surface area is 105 Å². The molecule has 2 N–H and O–H groups in total. The topological polar surface area (TPSA) is 92.5 Å². The highest BCUT2D eigenvalue weighted by Gasteiger charge is 2.25. The highest BCUT2D eigenvalue weighted by atomic mass is 16.6. The first-order chi connectivity index (χ1) is 8.26. The van der Waals surface area contributed by atoms with E-state index in [-0.39, 0.29) is 17.0 Å². The molecule has 0 radical (unpaired) electrons. The molecule has 0 bridgehead atoms. The number of hydrogen-bond donors (Lipinski definition) is 2. The molecule has 0 unspecified atom stereocenters. The molecule has 1 rings (SSSR count). The molecule has 0 aliphatic rings. The highest BCUT2D eigenvalue weighted by molar-refractivity contribution is 5.98. The molecule has 18 heavy (non-hydrogen) atoms. The minimum Gasteiger partial charge on any atom is -0.508 e. The van der Waals surface area contributed by atoms with Crippen molar-refractivity contribution in [3.05, 3.63) is 33.9 Å². The lowest BCUT2D eigenvalue weighted by Gasteiger charge is -2.24. The van der Waals surface area contributed by atoms with Gasteiger partial charge in [0, 0.05) is 11.6 Å². The fourth-order valence-corrected chi connectivity index (χ4v) is 1.33. The second kappa shape index (κ2) is 5.03. The predicted molar refractivity (Wildman–Crippen MR) is 66.6 cm³/mol. The van der Waals surface area contributed by atoms with Crippen molar-refractivity contribution in [3.8, 4) is 5.75 Å². The maximum absolute atomic E-state index is 12.0. The second-order valence-electron chi connectivity index (χ2n) is 4.65. The van der Waals surface area contributed by atoms with E-state index in [4.69, 9.17) is 0 Å². The average Bonchev–Trinajstić information content (AvgIpc) is 2.28. The van der Waals surface area contributed by atoms with Crippen LogP contribution in [0.5, 0.6) is 5.75 Å². The van der Waals surface area contributed by atoms with Gasteiger partial charge in [0.15, 0.2) is 0 Å². The predicted octanol–water partition coefficient (Wildman–Crippen LogP) is 2.22. The molecule has 1 amide bonds. The largest absolute Gasteiger partial charge is 0.508 e. The number of hydrogen-bond acceptors (Lipinski definition) is 4. The molecule has 0 saturated heterocycles. The number of nitro groups is 1. The Bertz CT molecular complexity index is 483. The van der Waals surface area contributed by atoms with Gasteiger partial charge in [0.2, 0.25) is 0 Å². The number of rotatable bonds is 4. The average molecular weight is 252 g/mol. The molecular weight excluding hydrogens is 236 g/mol. The summed E-state index contributed by atoms with van der Waals surface area (Å²) in [5.74, 6) is -0.746. The van der Waals surface area contributed by atoms with Gasteiger partial charge >= 0.3 is 0 Å². The molecule has 6 heteroatoms. The fourth-order valence-electron chi connectivity index (χ4n) is 1.33. The van der Waals surface area contributed by atoms with E-state index in [1.165, 1.54) is 6.07 Å². The highest BCUT2D eigenvalue weighted by Crippen LogP contribution is 2.24. The van der Waals surface area contributed by atoms with Crippen molar-refractivity contribution in [1.82, 2.24) is 5.32 Å². The third-order valence-electron chi connectivity index (χ3n) is 2.76. The summed E-state index contributed by atoms with van der Waals surface area (Å²) in [6.45, 7) is 5.54. The number of nitrogens with zero attached hydrogens (tertiary/aromatic N) is 1. The van der Waals surface area contributed by atoms with Crippen LogP contribution >= 0.6 is 0 Å². The van der Waals surface area contributed by atoms with Gasteiger partial charge in [0.25, 0.3) is 11.6 Å². The van der Waals surface area contributed by atoms with Gasteiger partial charge in [0.1, 0.15) is 11.3 Å². The molecule has 0 aromatic heterocycles. The van der Waals surface area contributed by atoms with Crippen LogP contribution in [0.3, 0.4) is 0 Å². The standard InChI is InChI=1S/C12H16N2O4/c1-4-12(2,3)13-11(16)9-7-8(15)5-6-10(9)14(17)18/h5-7,15H,4H2,1-3H3,(H,13,16). The van der Waals surface area contributed by atoms with E-state index in [9.17, 15) is 20.0 Å². The first-order valence-corrected chi connectivity index (χ1v) is 5.57. The number of phenolic OH excluding ortho intramolecular Hbond substituents is 1. The molecule has 0 aliphatic carbocycles. The first-order valence-electron chi connectivity index (χ1n) is 5.57. The zero-order chi connectivity index (χ0) is 13.9. The van der Waals surface area contributed by atoms with Crippen LogP contribution in [-0.2, 0) is 0 Å². The number of benzene rings is 1. The Morgan fingerprint density at radius 1 is 1.50 bits per heavy atom. The van der Waals surface area contributed by atoms with E-state index in [1.807, 2.05) is 20.8 Å². The minimum atomic E-state index is -0.646. The van der Waals surface area contributed by atoms with Crippen molar-refractivity contribution >= 4 is 11.6 Å². The summed E-state index contributed by atoms with van der Waals surface area (Å²) in [6, 6.07) is 3.39. The first kappa shape index (κ1) is 14.0. The second-order valence-corrected chi connectivity index (χ2v) is 4.65. The van der Waals surface area contributed by atoms with Crippen LogP contribution < -0.4 is 5.32 Å². The number of carbonyl (C=O) groups is 1. The lowest BCUT2D eigenvalue weighted by atomic mass is 10.0. The summed E-state index contributed by atoms with van der Waals surface area (Å²) >= 11 is 0. The molecule has 0 spiro atoms. The summed E-state index contributed by atoms with van der Waals surface area (Å²) in [4.78, 5) is 22.1. The summed E-state index contributed by atoms with van der Waals surface area (Å²) in [7, 11) is 0. The number of phenols is 1. The van der Waals surface area contributed by atoms with Crippen LogP contribution in [-0.4, -0.2) is 21.5 Å². The maximum atomic E-state index is 12.0. The lowest BCUT2D eigenvalue weighted by molar-refractivity contribution is -0.385. The third kappa shape index (κ3) is 3.19. The van der Waals surface area contributed by atoms with E-state index >= 15 is 0 Å². The van der Waals surface area contributed by atoms with Crippen molar-refractivity contribution in [2.75, 3.05) is 0 Å². The van der Waals surface area contributed by atoms with Crippen molar-refractivity contribution in [1.29, 1.82) is 0 Å². The molecule has 0 aliphatic heterocycles. The van der Waals surface area contributed by atoms with E-state index in [0.29, 0.717) is 6.42 Å². The SMILES string of the molecule is CCC(C)(C)NC(=O)c1cc(O)ccc1[N+](=O)[O-]. The lowest BCUT2D eigenvalue weighted by Crippen LogP contribution is -2.42. The number of carbonyl (C=O) groups excluding carboxylic acids is 1. The van der Waals surface area contributed by atoms with Crippen LogP contribution in [0.15, 0.2) is 18.2 Å². The molecule has 0 heterocycles. The van der Waals surface area contributed by atoms with E-state index in [2.05, 4.69) is 5.32 Å². The van der Waals surface area contributed by atoms with E-state index in [0.717, 1.165) is 12.1 Å². The Morgan fingerprint density at radius 2 is 2.11 bits per heavy atom. The van der Waals surface area contributed by atoms with Crippen molar-refractivity contribution in [2.24, 2.45) is 0 Å². The molecule has 0 atom stereocenters. The van der Waals surface area contributed by atoms with Crippen molar-refractivity contribution in [2.45, 2.75) is 32.7 Å². The zero-order valence-corrected chi connectivity index (χ0v) is 10.6. The van der Waals surface area contributed by atoms with Crippen LogP contribution in [0.1, 0.15) is 37.6 Å². The van der Waals surface area contributed by atoms with Crippen LogP contribution in [0, 0.1) is 10.1 Å². The van der Waals surface area contributed by atoms with Gasteiger partial charge in [-0.25, -0.2) is 0 Å². The number of nitrogens with one attached hydrogen (secondary N) is 1.